The van der Waals surface area contributed by atoms with Crippen molar-refractivity contribution in [1.82, 2.24) is 4.90 Å². The molecule has 3 fully saturated rings. The fourth-order valence-electron chi connectivity index (χ4n) is 3.58. The second-order valence-corrected chi connectivity index (χ2v) is 5.35. The van der Waals surface area contributed by atoms with Crippen LogP contribution in [0.25, 0.3) is 0 Å². The van der Waals surface area contributed by atoms with Gasteiger partial charge in [-0.2, -0.15) is 0 Å². The van der Waals surface area contributed by atoms with Crippen LogP contribution in [0.2, 0.25) is 0 Å². The predicted octanol–water partition coefficient (Wildman–Crippen LogP) is 2.81. The minimum Gasteiger partial charge on any atom is -0.399 e. The van der Waals surface area contributed by atoms with Gasteiger partial charge < -0.3 is 5.73 Å². The summed E-state index contributed by atoms with van der Waals surface area (Å²) in [7, 11) is 2.29. The summed E-state index contributed by atoms with van der Waals surface area (Å²) < 4.78 is 0. The molecule has 2 N–H and O–H groups in total. The second-order valence-electron chi connectivity index (χ2n) is 5.35. The Balaban J connectivity index is 1.91. The topological polar surface area (TPSA) is 29.3 Å². The van der Waals surface area contributed by atoms with Crippen LogP contribution in [0.1, 0.15) is 37.3 Å². The molecule has 86 valence electrons. The van der Waals surface area contributed by atoms with E-state index in [1.165, 1.54) is 31.2 Å². The van der Waals surface area contributed by atoms with Gasteiger partial charge in [-0.05, 0) is 56.3 Å². The minimum atomic E-state index is 0.632. The molecule has 1 aromatic carbocycles. The lowest BCUT2D eigenvalue weighted by Crippen LogP contribution is -2.47. The summed E-state index contributed by atoms with van der Waals surface area (Å²) in [6, 6.07) is 9.92. The molecule has 1 aromatic rings. The van der Waals surface area contributed by atoms with Crippen molar-refractivity contribution >= 4 is 5.69 Å². The first-order valence-corrected chi connectivity index (χ1v) is 6.33. The third kappa shape index (κ3) is 1.52. The molecule has 2 saturated heterocycles. The molecule has 2 heteroatoms. The number of nitrogens with zero attached hydrogens (tertiary/aromatic N) is 1. The molecule has 0 amide bonds. The van der Waals surface area contributed by atoms with Crippen molar-refractivity contribution in [2.75, 3.05) is 12.8 Å². The molecule has 1 unspecified atom stereocenters. The van der Waals surface area contributed by atoms with E-state index < -0.39 is 0 Å². The highest BCUT2D eigenvalue weighted by Crippen LogP contribution is 2.46. The van der Waals surface area contributed by atoms with E-state index >= 15 is 0 Å². The van der Waals surface area contributed by atoms with Gasteiger partial charge in [-0.3, -0.25) is 4.90 Å². The summed E-state index contributed by atoms with van der Waals surface area (Å²) in [5.74, 6) is 0.860. The molecule has 4 rings (SSSR count). The average molecular weight is 216 g/mol. The third-order valence-corrected chi connectivity index (χ3v) is 4.48. The molecular formula is C14H20N2. The summed E-state index contributed by atoms with van der Waals surface area (Å²) in [6.07, 6.45) is 5.60. The Kier molecular flexibility index (Phi) is 2.40. The summed E-state index contributed by atoms with van der Waals surface area (Å²) in [5, 5.41) is 0. The fraction of sp³-hybridized carbons (Fsp3) is 0.571. The molecule has 0 aromatic heterocycles. The molecule has 0 radical (unpaired) electrons. The maximum atomic E-state index is 5.75. The monoisotopic (exact) mass is 216 g/mol. The molecule has 2 nitrogen and oxygen atoms in total. The molecule has 1 aliphatic carbocycles. The van der Waals surface area contributed by atoms with Crippen molar-refractivity contribution in [2.24, 2.45) is 5.92 Å². The van der Waals surface area contributed by atoms with Gasteiger partial charge >= 0.3 is 0 Å². The maximum absolute atomic E-state index is 5.75. The Labute approximate surface area is 97.4 Å². The molecule has 16 heavy (non-hydrogen) atoms. The first-order chi connectivity index (χ1) is 7.75. The van der Waals surface area contributed by atoms with Gasteiger partial charge in [-0.15, -0.1) is 0 Å². The third-order valence-electron chi connectivity index (χ3n) is 4.48. The number of anilines is 1. The Morgan fingerprint density at radius 1 is 1.06 bits per heavy atom. The van der Waals surface area contributed by atoms with Crippen LogP contribution in [0.15, 0.2) is 24.3 Å². The number of fused-ring (bicyclic) bond motifs is 3. The Bertz CT molecular complexity index is 361. The molecule has 2 bridgehead atoms. The average Bonchev–Trinajstić information content (AvgIpc) is 2.32. The van der Waals surface area contributed by atoms with Crippen molar-refractivity contribution in [1.29, 1.82) is 0 Å². The molecular weight excluding hydrogens is 196 g/mol. The standard InChI is InChI=1S/C14H20N2/c1-16-13-8-4-11(5-9-13)14(16)10-2-6-12(15)7-3-10/h2-3,6-7,11,13-14H,4-5,8-9,15H2,1H3. The first kappa shape index (κ1) is 10.2. The van der Waals surface area contributed by atoms with E-state index in [0.29, 0.717) is 6.04 Å². The van der Waals surface area contributed by atoms with Crippen LogP contribution in [0.5, 0.6) is 0 Å². The number of rotatable bonds is 1. The van der Waals surface area contributed by atoms with Crippen molar-refractivity contribution < 1.29 is 0 Å². The van der Waals surface area contributed by atoms with Gasteiger partial charge in [-0.25, -0.2) is 0 Å². The van der Waals surface area contributed by atoms with Crippen LogP contribution in [0.3, 0.4) is 0 Å². The van der Waals surface area contributed by atoms with Gasteiger partial charge in [0.25, 0.3) is 0 Å². The van der Waals surface area contributed by atoms with E-state index in [1.54, 1.807) is 0 Å². The van der Waals surface area contributed by atoms with Gasteiger partial charge in [0.05, 0.1) is 0 Å². The minimum absolute atomic E-state index is 0.632. The van der Waals surface area contributed by atoms with Crippen molar-refractivity contribution in [3.8, 4) is 0 Å². The highest BCUT2D eigenvalue weighted by Gasteiger charge is 2.40. The normalized spacial score (nSPS) is 34.2. The number of hydrogen-bond acceptors (Lipinski definition) is 2. The van der Waals surface area contributed by atoms with Crippen LogP contribution in [0.4, 0.5) is 5.69 Å². The Hall–Kier alpha value is -1.02. The van der Waals surface area contributed by atoms with Crippen LogP contribution < -0.4 is 5.73 Å². The molecule has 2 aliphatic heterocycles. The highest BCUT2D eigenvalue weighted by atomic mass is 15.2. The zero-order valence-electron chi connectivity index (χ0n) is 9.89. The zero-order chi connectivity index (χ0) is 11.1. The molecule has 2 heterocycles. The quantitative estimate of drug-likeness (QED) is 0.731. The van der Waals surface area contributed by atoms with Gasteiger partial charge in [0, 0.05) is 17.8 Å². The van der Waals surface area contributed by atoms with E-state index in [2.05, 4.69) is 24.1 Å². The maximum Gasteiger partial charge on any atom is 0.0376 e. The number of piperidine rings is 2. The largest absolute Gasteiger partial charge is 0.399 e. The summed E-state index contributed by atoms with van der Waals surface area (Å²) >= 11 is 0. The summed E-state index contributed by atoms with van der Waals surface area (Å²) in [5.41, 5.74) is 8.07. The molecule has 1 atom stereocenters. The fourth-order valence-corrected chi connectivity index (χ4v) is 3.58. The lowest BCUT2D eigenvalue weighted by atomic mass is 9.73. The van der Waals surface area contributed by atoms with Gasteiger partial charge in [0.2, 0.25) is 0 Å². The van der Waals surface area contributed by atoms with E-state index in [9.17, 15) is 0 Å². The van der Waals surface area contributed by atoms with Crippen molar-refractivity contribution in [2.45, 2.75) is 37.8 Å². The lowest BCUT2D eigenvalue weighted by molar-refractivity contribution is 0.00732. The van der Waals surface area contributed by atoms with Crippen molar-refractivity contribution in [3.63, 3.8) is 0 Å². The van der Waals surface area contributed by atoms with Gasteiger partial charge in [-0.1, -0.05) is 12.1 Å². The molecule has 1 saturated carbocycles. The van der Waals surface area contributed by atoms with Crippen LogP contribution in [-0.2, 0) is 0 Å². The predicted molar refractivity (Wildman–Crippen MR) is 67.1 cm³/mol. The van der Waals surface area contributed by atoms with E-state index in [0.717, 1.165) is 17.6 Å². The van der Waals surface area contributed by atoms with Crippen LogP contribution >= 0.6 is 0 Å². The molecule has 0 spiro atoms. The van der Waals surface area contributed by atoms with Crippen LogP contribution in [0, 0.1) is 5.92 Å². The summed E-state index contributed by atoms with van der Waals surface area (Å²) in [6.45, 7) is 0. The SMILES string of the molecule is CN1C2CCC(CC2)C1c1ccc(N)cc1. The number of nitrogen functional groups attached to an aromatic ring is 1. The Morgan fingerprint density at radius 2 is 1.69 bits per heavy atom. The number of hydrogen-bond donors (Lipinski definition) is 1. The molecule has 3 aliphatic rings. The van der Waals surface area contributed by atoms with Crippen molar-refractivity contribution in [3.05, 3.63) is 29.8 Å². The smallest absolute Gasteiger partial charge is 0.0376 e. The van der Waals surface area contributed by atoms with E-state index in [-0.39, 0.29) is 0 Å². The van der Waals surface area contributed by atoms with Gasteiger partial charge in [0.15, 0.2) is 0 Å². The highest BCUT2D eigenvalue weighted by molar-refractivity contribution is 5.40. The first-order valence-electron chi connectivity index (χ1n) is 6.33. The van der Waals surface area contributed by atoms with Gasteiger partial charge in [0.1, 0.15) is 0 Å². The van der Waals surface area contributed by atoms with Crippen LogP contribution in [-0.4, -0.2) is 18.0 Å². The number of benzene rings is 1. The Morgan fingerprint density at radius 3 is 2.25 bits per heavy atom. The van der Waals surface area contributed by atoms with E-state index in [4.69, 9.17) is 5.73 Å². The number of nitrogens with two attached hydrogens (primary N) is 1. The van der Waals surface area contributed by atoms with E-state index in [1.807, 2.05) is 12.1 Å². The summed E-state index contributed by atoms with van der Waals surface area (Å²) in [4.78, 5) is 2.59. The second kappa shape index (κ2) is 3.77. The lowest BCUT2D eigenvalue weighted by Gasteiger charge is -2.50. The zero-order valence-corrected chi connectivity index (χ0v) is 9.89.